The first-order valence-corrected chi connectivity index (χ1v) is 12.7. The van der Waals surface area contributed by atoms with Crippen molar-refractivity contribution in [1.29, 1.82) is 0 Å². The van der Waals surface area contributed by atoms with Crippen molar-refractivity contribution in [2.75, 3.05) is 18.8 Å². The van der Waals surface area contributed by atoms with Crippen LogP contribution in [-0.2, 0) is 6.42 Å². The molecule has 1 unspecified atom stereocenters. The van der Waals surface area contributed by atoms with Crippen LogP contribution >= 0.6 is 11.3 Å². The summed E-state index contributed by atoms with van der Waals surface area (Å²) in [5, 5.41) is 3.09. The van der Waals surface area contributed by atoms with Gasteiger partial charge in [-0.1, -0.05) is 45.1 Å². The molecular weight excluding hydrogens is 430 g/mol. The molecule has 1 fully saturated rings. The number of benzene rings is 1. The van der Waals surface area contributed by atoms with Gasteiger partial charge in [-0.2, -0.15) is 0 Å². The first-order chi connectivity index (χ1) is 16.0. The van der Waals surface area contributed by atoms with Gasteiger partial charge in [0.25, 0.3) is 11.8 Å². The highest BCUT2D eigenvalue weighted by atomic mass is 32.1. The van der Waals surface area contributed by atoms with Crippen LogP contribution in [0.3, 0.4) is 0 Å². The average molecular weight is 466 g/mol. The Morgan fingerprint density at radius 1 is 1.12 bits per heavy atom. The van der Waals surface area contributed by atoms with Crippen molar-refractivity contribution < 1.29 is 9.59 Å². The maximum Gasteiger partial charge on any atom is 0.261 e. The van der Waals surface area contributed by atoms with Crippen molar-refractivity contribution in [3.8, 4) is 0 Å². The van der Waals surface area contributed by atoms with Crippen LogP contribution in [0.1, 0.15) is 76.4 Å². The number of fused-ring (bicyclic) bond motifs is 1. The second-order valence-corrected chi connectivity index (χ2v) is 9.41. The van der Waals surface area contributed by atoms with E-state index in [1.165, 1.54) is 10.4 Å². The number of aryl methyl sites for hydroxylation is 1. The van der Waals surface area contributed by atoms with Crippen LogP contribution in [-0.4, -0.2) is 35.8 Å². The van der Waals surface area contributed by atoms with E-state index in [0.29, 0.717) is 30.4 Å². The van der Waals surface area contributed by atoms with E-state index < -0.39 is 0 Å². The quantitative estimate of drug-likeness (QED) is 0.583. The zero-order chi connectivity index (χ0) is 23.8. The number of nitrogens with two attached hydrogens (primary N) is 1. The first kappa shape index (κ1) is 24.8. The fraction of sp³-hybridized carbons (Fsp3) is 0.407. The van der Waals surface area contributed by atoms with E-state index in [1.807, 2.05) is 37.0 Å². The summed E-state index contributed by atoms with van der Waals surface area (Å²) in [5.41, 5.74) is 8.27. The van der Waals surface area contributed by atoms with Gasteiger partial charge in [-0.05, 0) is 61.6 Å². The van der Waals surface area contributed by atoms with E-state index >= 15 is 0 Å². The van der Waals surface area contributed by atoms with Gasteiger partial charge in [-0.25, -0.2) is 0 Å². The van der Waals surface area contributed by atoms with Gasteiger partial charge < -0.3 is 16.0 Å². The number of rotatable bonds is 3. The minimum Gasteiger partial charge on any atom is -0.399 e. The number of hydrogen-bond acceptors (Lipinski definition) is 4. The normalized spacial score (nSPS) is 20.2. The van der Waals surface area contributed by atoms with E-state index in [0.717, 1.165) is 30.6 Å². The van der Waals surface area contributed by atoms with Gasteiger partial charge in [0.15, 0.2) is 0 Å². The second kappa shape index (κ2) is 11.8. The van der Waals surface area contributed by atoms with Crippen molar-refractivity contribution in [2.45, 2.75) is 58.4 Å². The largest absolute Gasteiger partial charge is 0.399 e. The number of anilines is 1. The molecule has 1 aliphatic carbocycles. The van der Waals surface area contributed by atoms with Crippen molar-refractivity contribution in [2.24, 2.45) is 0 Å². The lowest BCUT2D eigenvalue weighted by Gasteiger charge is -2.22. The Bertz CT molecular complexity index is 1000. The molecule has 5 nitrogen and oxygen atoms in total. The van der Waals surface area contributed by atoms with Crippen molar-refractivity contribution >= 4 is 28.8 Å². The number of nitrogen functional groups attached to an aromatic ring is 1. The fourth-order valence-corrected chi connectivity index (χ4v) is 4.90. The summed E-state index contributed by atoms with van der Waals surface area (Å²) in [6, 6.07) is 9.48. The van der Waals surface area contributed by atoms with Crippen LogP contribution in [0, 0.1) is 0 Å². The Balaban J connectivity index is 0.00000149. The fourth-order valence-electron chi connectivity index (χ4n) is 3.75. The molecule has 6 heteroatoms. The zero-order valence-electron chi connectivity index (χ0n) is 19.8. The Morgan fingerprint density at radius 3 is 2.55 bits per heavy atom. The summed E-state index contributed by atoms with van der Waals surface area (Å²) in [4.78, 5) is 29.5. The molecule has 2 heterocycles. The Morgan fingerprint density at radius 2 is 1.85 bits per heavy atom. The average Bonchev–Trinajstić information content (AvgIpc) is 3.53. The second-order valence-electron chi connectivity index (χ2n) is 8.33. The molecule has 0 saturated heterocycles. The third-order valence-corrected chi connectivity index (χ3v) is 7.06. The van der Waals surface area contributed by atoms with Gasteiger partial charge in [-0.3, -0.25) is 9.59 Å². The van der Waals surface area contributed by atoms with Gasteiger partial charge in [0.1, 0.15) is 0 Å². The molecule has 0 spiro atoms. The SMILES string of the molecule is CC.CC1/C=C\C=C/CN(C(=O)c2ccc(N)cc2)CCCc2cc(C(=O)NC3CC3)sc21. The molecule has 2 amide bonds. The number of carbonyl (C=O) groups excluding carboxylic acids is 2. The number of amides is 2. The lowest BCUT2D eigenvalue weighted by molar-refractivity contribution is 0.0772. The summed E-state index contributed by atoms with van der Waals surface area (Å²) in [7, 11) is 0. The lowest BCUT2D eigenvalue weighted by atomic mass is 10.0. The van der Waals surface area contributed by atoms with E-state index in [4.69, 9.17) is 5.73 Å². The third-order valence-electron chi connectivity index (χ3n) is 5.68. The molecule has 1 saturated carbocycles. The molecule has 33 heavy (non-hydrogen) atoms. The van der Waals surface area contributed by atoms with E-state index in [-0.39, 0.29) is 17.7 Å². The Kier molecular flexibility index (Phi) is 8.89. The molecule has 0 radical (unpaired) electrons. The summed E-state index contributed by atoms with van der Waals surface area (Å²) in [5.74, 6) is 0.300. The summed E-state index contributed by atoms with van der Waals surface area (Å²) >= 11 is 1.60. The molecule has 176 valence electrons. The zero-order valence-corrected chi connectivity index (χ0v) is 20.7. The highest BCUT2D eigenvalue weighted by Gasteiger charge is 2.26. The number of nitrogens with one attached hydrogen (secondary N) is 1. The molecule has 3 N–H and O–H groups in total. The van der Waals surface area contributed by atoms with Crippen molar-refractivity contribution in [3.05, 3.63) is 75.5 Å². The first-order valence-electron chi connectivity index (χ1n) is 11.9. The minimum atomic E-state index is 0.00843. The summed E-state index contributed by atoms with van der Waals surface area (Å²) < 4.78 is 0. The van der Waals surface area contributed by atoms with Crippen LogP contribution < -0.4 is 11.1 Å². The van der Waals surface area contributed by atoms with Gasteiger partial charge >= 0.3 is 0 Å². The van der Waals surface area contributed by atoms with E-state index in [1.54, 1.807) is 35.6 Å². The van der Waals surface area contributed by atoms with Gasteiger partial charge in [0, 0.05) is 41.2 Å². The van der Waals surface area contributed by atoms with Gasteiger partial charge in [0.05, 0.1) is 4.88 Å². The maximum atomic E-state index is 13.0. The number of hydrogen-bond donors (Lipinski definition) is 2. The minimum absolute atomic E-state index is 0.00843. The van der Waals surface area contributed by atoms with Gasteiger partial charge in [0.2, 0.25) is 0 Å². The van der Waals surface area contributed by atoms with Crippen LogP contribution in [0.4, 0.5) is 5.69 Å². The highest BCUT2D eigenvalue weighted by Crippen LogP contribution is 2.32. The summed E-state index contributed by atoms with van der Waals surface area (Å²) in [6.07, 6.45) is 12.1. The molecule has 2 aromatic rings. The molecule has 4 rings (SSSR count). The molecule has 0 bridgehead atoms. The van der Waals surface area contributed by atoms with Crippen molar-refractivity contribution in [3.63, 3.8) is 0 Å². The topological polar surface area (TPSA) is 75.4 Å². The standard InChI is InChI=1S/C25H29N3O2S.C2H6/c1-17-6-3-2-4-14-28(25(30)18-8-10-20(26)11-9-18)15-5-7-19-16-22(31-23(17)19)24(29)27-21-12-13-21;1-2/h2-4,6,8-11,16-17,21H,5,7,12-15,26H2,1H3,(H,27,29);1-2H3/b4-2-,6-3-;. The van der Waals surface area contributed by atoms with E-state index in [9.17, 15) is 9.59 Å². The predicted molar refractivity (Wildman–Crippen MR) is 138 cm³/mol. The molecule has 2 aliphatic rings. The molecule has 1 aromatic carbocycles. The Labute approximate surface area is 201 Å². The number of allylic oxidation sites excluding steroid dienone is 3. The van der Waals surface area contributed by atoms with Crippen LogP contribution in [0.15, 0.2) is 54.6 Å². The summed E-state index contributed by atoms with van der Waals surface area (Å²) in [6.45, 7) is 7.39. The number of carbonyl (C=O) groups is 2. The smallest absolute Gasteiger partial charge is 0.261 e. The van der Waals surface area contributed by atoms with Gasteiger partial charge in [-0.15, -0.1) is 11.3 Å². The Hall–Kier alpha value is -2.86. The molecule has 1 atom stereocenters. The van der Waals surface area contributed by atoms with E-state index in [2.05, 4.69) is 24.4 Å². The molecule has 1 aromatic heterocycles. The third kappa shape index (κ3) is 6.81. The number of nitrogens with zero attached hydrogens (tertiary/aromatic N) is 1. The number of thiophene rings is 1. The highest BCUT2D eigenvalue weighted by molar-refractivity contribution is 7.14. The monoisotopic (exact) mass is 465 g/mol. The predicted octanol–water partition coefficient (Wildman–Crippen LogP) is 5.55. The molecule has 1 aliphatic heterocycles. The lowest BCUT2D eigenvalue weighted by Crippen LogP contribution is -2.32. The maximum absolute atomic E-state index is 13.0. The van der Waals surface area contributed by atoms with Crippen molar-refractivity contribution in [1.82, 2.24) is 10.2 Å². The van der Waals surface area contributed by atoms with Crippen LogP contribution in [0.2, 0.25) is 0 Å². The molecular formula is C27H35N3O2S. The van der Waals surface area contributed by atoms with Crippen LogP contribution in [0.5, 0.6) is 0 Å². The van der Waals surface area contributed by atoms with Crippen LogP contribution in [0.25, 0.3) is 0 Å².